The van der Waals surface area contributed by atoms with Crippen molar-refractivity contribution in [3.63, 3.8) is 0 Å². The van der Waals surface area contributed by atoms with Gasteiger partial charge in [0.2, 0.25) is 0 Å². The van der Waals surface area contributed by atoms with Crippen molar-refractivity contribution in [2.24, 2.45) is 0 Å². The fraction of sp³-hybridized carbons (Fsp3) is 0.462. The molecule has 0 aromatic heterocycles. The predicted octanol–water partition coefficient (Wildman–Crippen LogP) is 3.26. The topological polar surface area (TPSA) is 26.3 Å². The fourth-order valence-electron chi connectivity index (χ4n) is 2.43. The summed E-state index contributed by atoms with van der Waals surface area (Å²) in [5.74, 6) is -0.141. The van der Waals surface area contributed by atoms with Crippen molar-refractivity contribution in [3.8, 4) is 0 Å². The van der Waals surface area contributed by atoms with E-state index >= 15 is 0 Å². The molecule has 0 spiro atoms. The molecule has 84 valence electrons. The first-order chi connectivity index (χ1) is 7.84. The average Bonchev–Trinajstić information content (AvgIpc) is 2.45. The van der Waals surface area contributed by atoms with Gasteiger partial charge < -0.3 is 4.74 Å². The van der Waals surface area contributed by atoms with E-state index in [4.69, 9.17) is 4.74 Å². The summed E-state index contributed by atoms with van der Waals surface area (Å²) < 4.78 is 5.58. The number of ether oxygens (including phenoxy) is 1. The molecule has 0 unspecified atom stereocenters. The molecule has 2 aliphatic rings. The van der Waals surface area contributed by atoms with E-state index in [1.807, 2.05) is 36.0 Å². The van der Waals surface area contributed by atoms with Gasteiger partial charge in [0.05, 0.1) is 5.56 Å². The van der Waals surface area contributed by atoms with Crippen LogP contribution in [0.25, 0.3) is 0 Å². The van der Waals surface area contributed by atoms with E-state index in [-0.39, 0.29) is 12.1 Å². The van der Waals surface area contributed by atoms with Crippen LogP contribution in [-0.4, -0.2) is 17.3 Å². The monoisotopic (exact) mass is 234 g/mol. The summed E-state index contributed by atoms with van der Waals surface area (Å²) in [6.45, 7) is 0. The molecule has 16 heavy (non-hydrogen) atoms. The summed E-state index contributed by atoms with van der Waals surface area (Å²) in [6.07, 6.45) is 4.76. The zero-order valence-corrected chi connectivity index (χ0v) is 9.83. The van der Waals surface area contributed by atoms with Crippen molar-refractivity contribution in [1.29, 1.82) is 0 Å². The van der Waals surface area contributed by atoms with Gasteiger partial charge in [-0.15, -0.1) is 11.8 Å². The van der Waals surface area contributed by atoms with Crippen molar-refractivity contribution >= 4 is 17.7 Å². The molecule has 1 heterocycles. The molecule has 2 atom stereocenters. The molecule has 0 radical (unpaired) electrons. The number of esters is 1. The van der Waals surface area contributed by atoms with Crippen molar-refractivity contribution in [1.82, 2.24) is 0 Å². The van der Waals surface area contributed by atoms with Crippen LogP contribution in [0.5, 0.6) is 0 Å². The highest BCUT2D eigenvalue weighted by Crippen LogP contribution is 2.39. The lowest BCUT2D eigenvalue weighted by atomic mass is 9.97. The Morgan fingerprint density at radius 2 is 2.00 bits per heavy atom. The van der Waals surface area contributed by atoms with E-state index in [1.165, 1.54) is 12.8 Å². The molecule has 1 aromatic carbocycles. The minimum atomic E-state index is -0.141. The summed E-state index contributed by atoms with van der Waals surface area (Å²) >= 11 is 1.82. The van der Waals surface area contributed by atoms with Crippen LogP contribution in [0, 0.1) is 0 Å². The Kier molecular flexibility index (Phi) is 2.64. The van der Waals surface area contributed by atoms with Crippen molar-refractivity contribution in [2.75, 3.05) is 0 Å². The lowest BCUT2D eigenvalue weighted by Crippen LogP contribution is -2.30. The zero-order valence-electron chi connectivity index (χ0n) is 9.02. The lowest BCUT2D eigenvalue weighted by molar-refractivity contribution is 0.0235. The van der Waals surface area contributed by atoms with Gasteiger partial charge in [-0.1, -0.05) is 18.6 Å². The SMILES string of the molecule is O=C1O[C@H]2CCCC[C@@H]2Sc2ccccc21. The maximum absolute atomic E-state index is 11.9. The van der Waals surface area contributed by atoms with Crippen LogP contribution in [-0.2, 0) is 4.74 Å². The van der Waals surface area contributed by atoms with Gasteiger partial charge in [-0.2, -0.15) is 0 Å². The number of carbonyl (C=O) groups excluding carboxylic acids is 1. The minimum absolute atomic E-state index is 0.124. The molecule has 1 aromatic rings. The molecule has 1 aliphatic heterocycles. The molecular weight excluding hydrogens is 220 g/mol. The van der Waals surface area contributed by atoms with Gasteiger partial charge in [-0.3, -0.25) is 0 Å². The molecular formula is C13H14O2S. The molecule has 3 heteroatoms. The maximum atomic E-state index is 11.9. The van der Waals surface area contributed by atoms with E-state index in [1.54, 1.807) is 0 Å². The number of carbonyl (C=O) groups is 1. The Morgan fingerprint density at radius 3 is 2.94 bits per heavy atom. The van der Waals surface area contributed by atoms with Gasteiger partial charge in [0, 0.05) is 10.1 Å². The van der Waals surface area contributed by atoms with E-state index in [9.17, 15) is 4.79 Å². The Hall–Kier alpha value is -0.960. The summed E-state index contributed by atoms with van der Waals surface area (Å²) in [4.78, 5) is 13.0. The Labute approximate surface area is 99.4 Å². The number of thioether (sulfide) groups is 1. The van der Waals surface area contributed by atoms with Crippen LogP contribution >= 0.6 is 11.8 Å². The zero-order chi connectivity index (χ0) is 11.0. The third kappa shape index (κ3) is 1.73. The van der Waals surface area contributed by atoms with Crippen LogP contribution < -0.4 is 0 Å². The second-order valence-corrected chi connectivity index (χ2v) is 5.66. The third-order valence-corrected chi connectivity index (χ3v) is 4.74. The molecule has 0 N–H and O–H groups in total. The van der Waals surface area contributed by atoms with E-state index in [2.05, 4.69) is 0 Å². The van der Waals surface area contributed by atoms with Crippen LogP contribution in [0.3, 0.4) is 0 Å². The fourth-order valence-corrected chi connectivity index (χ4v) is 3.82. The summed E-state index contributed by atoms with van der Waals surface area (Å²) in [7, 11) is 0. The molecule has 0 saturated heterocycles. The molecule has 3 rings (SSSR count). The first-order valence-corrected chi connectivity index (χ1v) is 6.69. The Bertz CT molecular complexity index is 416. The molecule has 1 saturated carbocycles. The molecule has 2 nitrogen and oxygen atoms in total. The normalized spacial score (nSPS) is 28.6. The number of hydrogen-bond donors (Lipinski definition) is 0. The minimum Gasteiger partial charge on any atom is -0.458 e. The predicted molar refractivity (Wildman–Crippen MR) is 63.8 cm³/mol. The van der Waals surface area contributed by atoms with Crippen molar-refractivity contribution in [3.05, 3.63) is 29.8 Å². The van der Waals surface area contributed by atoms with Gasteiger partial charge in [-0.25, -0.2) is 4.79 Å². The Balaban J connectivity index is 1.97. The summed E-state index contributed by atoms with van der Waals surface area (Å²) in [6, 6.07) is 7.78. The summed E-state index contributed by atoms with van der Waals surface area (Å²) in [5, 5.41) is 0.460. The number of fused-ring (bicyclic) bond motifs is 2. The first kappa shape index (κ1) is 10.2. The molecule has 0 amide bonds. The standard InChI is InChI=1S/C13H14O2S/c14-13-9-5-1-3-7-11(9)16-12-8-4-2-6-10(12)15-13/h1,3,5,7,10,12H,2,4,6,8H2/t10-,12-/m0/s1. The van der Waals surface area contributed by atoms with Crippen molar-refractivity contribution < 1.29 is 9.53 Å². The van der Waals surface area contributed by atoms with Crippen LogP contribution in [0.2, 0.25) is 0 Å². The van der Waals surface area contributed by atoms with Crippen molar-refractivity contribution in [2.45, 2.75) is 41.9 Å². The lowest BCUT2D eigenvalue weighted by Gasteiger charge is -2.28. The highest BCUT2D eigenvalue weighted by atomic mass is 32.2. The quantitative estimate of drug-likeness (QED) is 0.644. The number of rotatable bonds is 0. The highest BCUT2D eigenvalue weighted by Gasteiger charge is 2.33. The summed E-state index contributed by atoms with van der Waals surface area (Å²) in [5.41, 5.74) is 0.738. The van der Waals surface area contributed by atoms with E-state index in [0.717, 1.165) is 23.3 Å². The molecule has 1 aliphatic carbocycles. The Morgan fingerprint density at radius 1 is 1.19 bits per heavy atom. The van der Waals surface area contributed by atoms with Gasteiger partial charge in [0.25, 0.3) is 0 Å². The molecule has 1 fully saturated rings. The average molecular weight is 234 g/mol. The van der Waals surface area contributed by atoms with Gasteiger partial charge in [0.15, 0.2) is 0 Å². The third-order valence-electron chi connectivity index (χ3n) is 3.29. The highest BCUT2D eigenvalue weighted by molar-refractivity contribution is 8.00. The number of benzene rings is 1. The van der Waals surface area contributed by atoms with Gasteiger partial charge in [-0.05, 0) is 31.4 Å². The largest absolute Gasteiger partial charge is 0.458 e. The second kappa shape index (κ2) is 4.13. The van der Waals surface area contributed by atoms with Gasteiger partial charge >= 0.3 is 5.97 Å². The molecule has 0 bridgehead atoms. The number of hydrogen-bond acceptors (Lipinski definition) is 3. The van der Waals surface area contributed by atoms with Crippen LogP contribution in [0.15, 0.2) is 29.2 Å². The first-order valence-electron chi connectivity index (χ1n) is 5.81. The van der Waals surface area contributed by atoms with E-state index in [0.29, 0.717) is 5.25 Å². The van der Waals surface area contributed by atoms with Gasteiger partial charge in [0.1, 0.15) is 6.10 Å². The maximum Gasteiger partial charge on any atom is 0.339 e. The second-order valence-electron chi connectivity index (χ2n) is 4.38. The van der Waals surface area contributed by atoms with Crippen LogP contribution in [0.1, 0.15) is 36.0 Å². The van der Waals surface area contributed by atoms with E-state index < -0.39 is 0 Å². The smallest absolute Gasteiger partial charge is 0.339 e. The van der Waals surface area contributed by atoms with Crippen LogP contribution in [0.4, 0.5) is 0 Å².